The Morgan fingerprint density at radius 2 is 2.27 bits per heavy atom. The minimum absolute atomic E-state index is 0.0904. The molecule has 0 atom stereocenters. The highest BCUT2D eigenvalue weighted by molar-refractivity contribution is 7.80. The fourth-order valence-corrected chi connectivity index (χ4v) is 1.40. The lowest BCUT2D eigenvalue weighted by molar-refractivity contribution is 0.626. The number of nitrogens with one attached hydrogen (secondary N) is 1. The maximum absolute atomic E-state index is 13.4. The van der Waals surface area contributed by atoms with Gasteiger partial charge >= 0.3 is 0 Å². The summed E-state index contributed by atoms with van der Waals surface area (Å²) in [6.45, 7) is 2.96. The quantitative estimate of drug-likeness (QED) is 0.599. The minimum Gasteiger partial charge on any atom is -0.389 e. The number of rotatable bonds is 5. The maximum atomic E-state index is 13.4. The molecule has 0 radical (unpaired) electrons. The average molecular weight is 226 g/mol. The van der Waals surface area contributed by atoms with Crippen molar-refractivity contribution in [1.82, 2.24) is 0 Å². The Hall–Kier alpha value is -1.16. The van der Waals surface area contributed by atoms with Crippen LogP contribution in [-0.2, 0) is 0 Å². The van der Waals surface area contributed by atoms with E-state index in [1.807, 2.05) is 0 Å². The molecule has 0 aromatic heterocycles. The van der Waals surface area contributed by atoms with Crippen LogP contribution in [-0.4, -0.2) is 11.5 Å². The van der Waals surface area contributed by atoms with E-state index in [-0.39, 0.29) is 10.8 Å². The van der Waals surface area contributed by atoms with E-state index in [2.05, 4.69) is 12.2 Å². The Kier molecular flexibility index (Phi) is 4.49. The van der Waals surface area contributed by atoms with Crippen molar-refractivity contribution in [3.8, 4) is 0 Å². The van der Waals surface area contributed by atoms with Gasteiger partial charge in [0, 0.05) is 17.8 Å². The van der Waals surface area contributed by atoms with Crippen LogP contribution < -0.4 is 11.1 Å². The van der Waals surface area contributed by atoms with Gasteiger partial charge in [-0.15, -0.1) is 0 Å². The molecule has 0 spiro atoms. The SMILES string of the molecule is CCCCNc1ccc(C(N)=S)c(F)c1. The molecule has 3 N–H and O–H groups in total. The zero-order valence-electron chi connectivity index (χ0n) is 8.72. The molecule has 0 saturated heterocycles. The van der Waals surface area contributed by atoms with E-state index >= 15 is 0 Å². The largest absolute Gasteiger partial charge is 0.389 e. The molecule has 4 heteroatoms. The van der Waals surface area contributed by atoms with Gasteiger partial charge in [-0.25, -0.2) is 4.39 Å². The van der Waals surface area contributed by atoms with Gasteiger partial charge in [-0.3, -0.25) is 0 Å². The molecular weight excluding hydrogens is 211 g/mol. The molecule has 0 aliphatic carbocycles. The molecule has 0 saturated carbocycles. The van der Waals surface area contributed by atoms with Crippen molar-refractivity contribution in [1.29, 1.82) is 0 Å². The molecule has 0 aliphatic rings. The monoisotopic (exact) mass is 226 g/mol. The molecule has 0 unspecified atom stereocenters. The first-order chi connectivity index (χ1) is 7.15. The number of benzene rings is 1. The molecule has 0 amide bonds. The second kappa shape index (κ2) is 5.66. The molecule has 1 rings (SSSR count). The Morgan fingerprint density at radius 1 is 1.53 bits per heavy atom. The zero-order chi connectivity index (χ0) is 11.3. The van der Waals surface area contributed by atoms with Crippen LogP contribution in [0.1, 0.15) is 25.3 Å². The summed E-state index contributed by atoms with van der Waals surface area (Å²) < 4.78 is 13.4. The zero-order valence-corrected chi connectivity index (χ0v) is 9.53. The van der Waals surface area contributed by atoms with Crippen molar-refractivity contribution in [3.05, 3.63) is 29.6 Å². The van der Waals surface area contributed by atoms with E-state index in [9.17, 15) is 4.39 Å². The Bertz CT molecular complexity index is 352. The van der Waals surface area contributed by atoms with Gasteiger partial charge < -0.3 is 11.1 Å². The Morgan fingerprint density at radius 3 is 2.80 bits per heavy atom. The van der Waals surface area contributed by atoms with Gasteiger partial charge in [-0.05, 0) is 24.6 Å². The van der Waals surface area contributed by atoms with Crippen molar-refractivity contribution in [2.24, 2.45) is 5.73 Å². The summed E-state index contributed by atoms with van der Waals surface area (Å²) in [4.78, 5) is 0.0904. The number of hydrogen-bond acceptors (Lipinski definition) is 2. The molecule has 82 valence electrons. The summed E-state index contributed by atoms with van der Waals surface area (Å²) >= 11 is 4.72. The van der Waals surface area contributed by atoms with Crippen molar-refractivity contribution >= 4 is 22.9 Å². The number of anilines is 1. The Balaban J connectivity index is 2.69. The van der Waals surface area contributed by atoms with E-state index in [0.29, 0.717) is 5.56 Å². The predicted molar refractivity (Wildman–Crippen MR) is 65.7 cm³/mol. The maximum Gasteiger partial charge on any atom is 0.135 e. The topological polar surface area (TPSA) is 38.0 Å². The van der Waals surface area contributed by atoms with E-state index in [1.54, 1.807) is 12.1 Å². The van der Waals surface area contributed by atoms with Gasteiger partial charge in [0.25, 0.3) is 0 Å². The number of nitrogens with two attached hydrogens (primary N) is 1. The predicted octanol–water partition coefficient (Wildman–Crippen LogP) is 2.67. The van der Waals surface area contributed by atoms with Gasteiger partial charge in [0.05, 0.1) is 0 Å². The van der Waals surface area contributed by atoms with Crippen LogP contribution in [0.2, 0.25) is 0 Å². The number of unbranched alkanes of at least 4 members (excludes halogenated alkanes) is 1. The number of halogens is 1. The van der Waals surface area contributed by atoms with Crippen LogP contribution in [0.25, 0.3) is 0 Å². The van der Waals surface area contributed by atoms with Gasteiger partial charge in [-0.1, -0.05) is 25.6 Å². The standard InChI is InChI=1S/C11H15FN2S/c1-2-3-6-14-8-4-5-9(11(13)15)10(12)7-8/h4-5,7,14H,2-3,6H2,1H3,(H2,13,15). The second-order valence-electron chi connectivity index (χ2n) is 3.34. The summed E-state index contributed by atoms with van der Waals surface area (Å²) in [5.74, 6) is -0.371. The van der Waals surface area contributed by atoms with E-state index in [0.717, 1.165) is 25.1 Å². The van der Waals surface area contributed by atoms with Gasteiger partial charge in [0.1, 0.15) is 10.8 Å². The third-order valence-corrected chi connectivity index (χ3v) is 2.31. The van der Waals surface area contributed by atoms with Crippen LogP contribution in [0.15, 0.2) is 18.2 Å². The molecule has 1 aromatic carbocycles. The Labute approximate surface area is 94.7 Å². The van der Waals surface area contributed by atoms with E-state index < -0.39 is 0 Å². The summed E-state index contributed by atoms with van der Waals surface area (Å²) in [6, 6.07) is 4.81. The summed E-state index contributed by atoms with van der Waals surface area (Å²) in [5.41, 5.74) is 6.42. The van der Waals surface area contributed by atoms with Crippen molar-refractivity contribution in [2.75, 3.05) is 11.9 Å². The molecule has 1 aromatic rings. The smallest absolute Gasteiger partial charge is 0.135 e. The van der Waals surface area contributed by atoms with Gasteiger partial charge in [0.2, 0.25) is 0 Å². The first kappa shape index (κ1) is 11.9. The first-order valence-corrected chi connectivity index (χ1v) is 5.39. The molecule has 0 fully saturated rings. The van der Waals surface area contributed by atoms with Crippen LogP contribution in [0.3, 0.4) is 0 Å². The molecule has 2 nitrogen and oxygen atoms in total. The molecule has 15 heavy (non-hydrogen) atoms. The normalized spacial score (nSPS) is 10.0. The molecular formula is C11H15FN2S. The van der Waals surface area contributed by atoms with Gasteiger partial charge in [-0.2, -0.15) is 0 Å². The minimum atomic E-state index is -0.371. The lowest BCUT2D eigenvalue weighted by Gasteiger charge is -2.07. The fraction of sp³-hybridized carbons (Fsp3) is 0.364. The third-order valence-electron chi connectivity index (χ3n) is 2.09. The highest BCUT2D eigenvalue weighted by Crippen LogP contribution is 2.14. The van der Waals surface area contributed by atoms with Crippen molar-refractivity contribution < 1.29 is 4.39 Å². The summed E-state index contributed by atoms with van der Waals surface area (Å²) in [7, 11) is 0. The summed E-state index contributed by atoms with van der Waals surface area (Å²) in [6.07, 6.45) is 2.18. The van der Waals surface area contributed by atoms with Crippen LogP contribution in [0.4, 0.5) is 10.1 Å². The highest BCUT2D eigenvalue weighted by Gasteiger charge is 2.05. The average Bonchev–Trinajstić information content (AvgIpc) is 2.17. The first-order valence-electron chi connectivity index (χ1n) is 4.98. The fourth-order valence-electron chi connectivity index (χ4n) is 1.23. The second-order valence-corrected chi connectivity index (χ2v) is 3.78. The third kappa shape index (κ3) is 3.47. The number of hydrogen-bond donors (Lipinski definition) is 2. The molecule has 0 aliphatic heterocycles. The van der Waals surface area contributed by atoms with Crippen molar-refractivity contribution in [3.63, 3.8) is 0 Å². The number of thiocarbonyl (C=S) groups is 1. The van der Waals surface area contributed by atoms with Crippen LogP contribution in [0.5, 0.6) is 0 Å². The lowest BCUT2D eigenvalue weighted by atomic mass is 10.2. The highest BCUT2D eigenvalue weighted by atomic mass is 32.1. The van der Waals surface area contributed by atoms with Crippen LogP contribution in [0, 0.1) is 5.82 Å². The van der Waals surface area contributed by atoms with Crippen LogP contribution >= 0.6 is 12.2 Å². The van der Waals surface area contributed by atoms with Gasteiger partial charge in [0.15, 0.2) is 0 Å². The van der Waals surface area contributed by atoms with E-state index in [1.165, 1.54) is 6.07 Å². The molecule has 0 heterocycles. The van der Waals surface area contributed by atoms with E-state index in [4.69, 9.17) is 18.0 Å². The molecule has 0 bridgehead atoms. The lowest BCUT2D eigenvalue weighted by Crippen LogP contribution is -2.12. The van der Waals surface area contributed by atoms with Crippen molar-refractivity contribution in [2.45, 2.75) is 19.8 Å². The summed E-state index contributed by atoms with van der Waals surface area (Å²) in [5, 5.41) is 3.13.